The van der Waals surface area contributed by atoms with E-state index in [9.17, 15) is 22.0 Å². The molecule has 1 heterocycles. The van der Waals surface area contributed by atoms with Crippen LogP contribution in [0.2, 0.25) is 0 Å². The summed E-state index contributed by atoms with van der Waals surface area (Å²) in [6.07, 6.45) is -0.518. The number of ether oxygens (including phenoxy) is 1. The van der Waals surface area contributed by atoms with Crippen LogP contribution in [0.25, 0.3) is 0 Å². The Morgan fingerprint density at radius 3 is 2.50 bits per heavy atom. The third-order valence-corrected chi connectivity index (χ3v) is 5.06. The second kappa shape index (κ2) is 6.20. The van der Waals surface area contributed by atoms with Gasteiger partial charge in [-0.05, 0) is 23.8 Å². The number of carbonyl (C=O) groups excluding carboxylic acids is 1. The number of fused-ring (bicyclic) bond motifs is 1. The van der Waals surface area contributed by atoms with Gasteiger partial charge in [-0.15, -0.1) is 0 Å². The van der Waals surface area contributed by atoms with Crippen molar-refractivity contribution in [2.75, 3.05) is 5.32 Å². The highest BCUT2D eigenvalue weighted by molar-refractivity contribution is 7.91. The number of rotatable bonds is 4. The molecule has 24 heavy (non-hydrogen) atoms. The molecule has 1 atom stereocenters. The Morgan fingerprint density at radius 1 is 1.12 bits per heavy atom. The number of carbonyl (C=O) groups is 1. The molecule has 2 aromatic rings. The summed E-state index contributed by atoms with van der Waals surface area (Å²) in [7, 11) is -4.82. The summed E-state index contributed by atoms with van der Waals surface area (Å²) in [4.78, 5) is 11.7. The highest BCUT2D eigenvalue weighted by atomic mass is 32.2. The summed E-state index contributed by atoms with van der Waals surface area (Å²) in [5.41, 5.74) is 0.661. The minimum atomic E-state index is -4.82. The summed E-state index contributed by atoms with van der Waals surface area (Å²) >= 11 is 0. The molecular formula is C16H13F2NO4S. The monoisotopic (exact) mass is 353 g/mol. The minimum Gasteiger partial charge on any atom is -0.480 e. The molecule has 0 saturated carbocycles. The van der Waals surface area contributed by atoms with Crippen molar-refractivity contribution in [3.8, 4) is 5.75 Å². The molecule has 1 amide bonds. The number of hydrogen-bond donors (Lipinski definition) is 1. The van der Waals surface area contributed by atoms with Crippen LogP contribution in [0, 0.1) is 0 Å². The number of anilines is 1. The predicted molar refractivity (Wildman–Crippen MR) is 82.8 cm³/mol. The lowest BCUT2D eigenvalue weighted by Crippen LogP contribution is -2.32. The van der Waals surface area contributed by atoms with Crippen LogP contribution in [0.5, 0.6) is 5.75 Å². The van der Waals surface area contributed by atoms with Crippen LogP contribution in [0.4, 0.5) is 14.5 Å². The zero-order chi connectivity index (χ0) is 17.3. The van der Waals surface area contributed by atoms with Gasteiger partial charge in [0.15, 0.2) is 6.10 Å². The van der Waals surface area contributed by atoms with Gasteiger partial charge >= 0.3 is 5.76 Å². The van der Waals surface area contributed by atoms with Crippen LogP contribution < -0.4 is 10.1 Å². The number of sulfone groups is 1. The lowest BCUT2D eigenvalue weighted by Gasteiger charge is -2.14. The number of halogens is 2. The highest BCUT2D eigenvalue weighted by Gasteiger charge is 2.32. The molecule has 2 aromatic carbocycles. The second-order valence-corrected chi connectivity index (χ2v) is 7.10. The first kappa shape index (κ1) is 16.4. The van der Waals surface area contributed by atoms with E-state index in [2.05, 4.69) is 5.32 Å². The number of alkyl halides is 2. The molecule has 1 unspecified atom stereocenters. The van der Waals surface area contributed by atoms with E-state index in [0.29, 0.717) is 12.2 Å². The summed E-state index contributed by atoms with van der Waals surface area (Å²) in [6.45, 7) is 0. The van der Waals surface area contributed by atoms with Gasteiger partial charge in [-0.1, -0.05) is 30.3 Å². The minimum absolute atomic E-state index is 0.192. The van der Waals surface area contributed by atoms with Gasteiger partial charge < -0.3 is 10.1 Å². The first-order valence-electron chi connectivity index (χ1n) is 7.06. The average molecular weight is 353 g/mol. The zero-order valence-electron chi connectivity index (χ0n) is 12.3. The van der Waals surface area contributed by atoms with Crippen molar-refractivity contribution in [1.82, 2.24) is 0 Å². The number of benzene rings is 2. The van der Waals surface area contributed by atoms with E-state index < -0.39 is 32.5 Å². The van der Waals surface area contributed by atoms with Crippen molar-refractivity contribution < 1.29 is 26.7 Å². The van der Waals surface area contributed by atoms with Gasteiger partial charge in [0.05, 0.1) is 10.6 Å². The number of nitrogens with one attached hydrogen (secondary N) is 1. The summed E-state index contributed by atoms with van der Waals surface area (Å²) in [5, 5.41) is 2.37. The van der Waals surface area contributed by atoms with E-state index in [1.807, 2.05) is 12.1 Å². The first-order valence-corrected chi connectivity index (χ1v) is 8.61. The van der Waals surface area contributed by atoms with E-state index in [4.69, 9.17) is 4.74 Å². The van der Waals surface area contributed by atoms with Crippen molar-refractivity contribution in [3.05, 3.63) is 54.1 Å². The molecule has 0 spiro atoms. The molecular weight excluding hydrogens is 340 g/mol. The second-order valence-electron chi connectivity index (χ2n) is 5.21. The maximum absolute atomic E-state index is 12.8. The molecule has 8 heteroatoms. The van der Waals surface area contributed by atoms with Crippen LogP contribution in [0.1, 0.15) is 5.56 Å². The van der Waals surface area contributed by atoms with Gasteiger partial charge in [0.2, 0.25) is 9.84 Å². The lowest BCUT2D eigenvalue weighted by molar-refractivity contribution is -0.122. The smallest absolute Gasteiger partial charge is 0.341 e. The van der Waals surface area contributed by atoms with E-state index in [0.717, 1.165) is 11.6 Å². The zero-order valence-corrected chi connectivity index (χ0v) is 13.1. The third kappa shape index (κ3) is 2.96. The Kier molecular flexibility index (Phi) is 4.23. The van der Waals surface area contributed by atoms with Crippen molar-refractivity contribution in [2.24, 2.45) is 0 Å². The van der Waals surface area contributed by atoms with Crippen molar-refractivity contribution in [3.63, 3.8) is 0 Å². The van der Waals surface area contributed by atoms with E-state index in [-0.39, 0.29) is 5.69 Å². The molecule has 126 valence electrons. The molecule has 0 bridgehead atoms. The fraction of sp³-hybridized carbons (Fsp3) is 0.188. The van der Waals surface area contributed by atoms with E-state index in [1.165, 1.54) is 18.2 Å². The molecule has 5 nitrogen and oxygen atoms in total. The third-order valence-electron chi connectivity index (χ3n) is 3.63. The van der Waals surface area contributed by atoms with Gasteiger partial charge in [-0.3, -0.25) is 4.79 Å². The van der Waals surface area contributed by atoms with E-state index >= 15 is 0 Å². The largest absolute Gasteiger partial charge is 0.480 e. The Balaban J connectivity index is 1.82. The topological polar surface area (TPSA) is 72.5 Å². The van der Waals surface area contributed by atoms with Gasteiger partial charge in [0.25, 0.3) is 5.91 Å². The number of para-hydroxylation sites is 2. The average Bonchev–Trinajstić information content (AvgIpc) is 2.99. The Bertz CT molecular complexity index is 858. The van der Waals surface area contributed by atoms with Crippen LogP contribution in [0.15, 0.2) is 53.4 Å². The number of amides is 1. The lowest BCUT2D eigenvalue weighted by atomic mass is 10.1. The summed E-state index contributed by atoms with van der Waals surface area (Å²) in [6, 6.07) is 12.2. The van der Waals surface area contributed by atoms with Gasteiger partial charge in [0.1, 0.15) is 5.75 Å². The molecule has 0 radical (unpaired) electrons. The standard InChI is InChI=1S/C16H13F2NO4S/c17-16(18)24(21,22)14-8-4-2-6-11(14)19-15(20)13-9-10-5-1-3-7-12(10)23-13/h1-8,13,16H,9H2,(H,19,20). The first-order chi connectivity index (χ1) is 11.4. The molecule has 0 fully saturated rings. The van der Waals surface area contributed by atoms with Crippen LogP contribution in [-0.4, -0.2) is 26.2 Å². The van der Waals surface area contributed by atoms with E-state index in [1.54, 1.807) is 12.1 Å². The quantitative estimate of drug-likeness (QED) is 0.917. The molecule has 0 saturated heterocycles. The fourth-order valence-corrected chi connectivity index (χ4v) is 3.34. The predicted octanol–water partition coefficient (Wildman–Crippen LogP) is 2.63. The Hall–Kier alpha value is -2.48. The molecule has 1 aliphatic rings. The summed E-state index contributed by atoms with van der Waals surface area (Å²) in [5.74, 6) is -3.59. The van der Waals surface area contributed by atoms with Crippen molar-refractivity contribution in [1.29, 1.82) is 0 Å². The molecule has 0 aliphatic carbocycles. The fourth-order valence-electron chi connectivity index (χ4n) is 2.46. The van der Waals surface area contributed by atoms with Crippen molar-refractivity contribution in [2.45, 2.75) is 23.2 Å². The van der Waals surface area contributed by atoms with Crippen LogP contribution in [0.3, 0.4) is 0 Å². The van der Waals surface area contributed by atoms with Gasteiger partial charge in [-0.2, -0.15) is 8.78 Å². The Labute approximate surface area is 137 Å². The van der Waals surface area contributed by atoms with Crippen molar-refractivity contribution >= 4 is 21.4 Å². The normalized spacial score (nSPS) is 16.5. The van der Waals surface area contributed by atoms with Crippen LogP contribution >= 0.6 is 0 Å². The van der Waals surface area contributed by atoms with Gasteiger partial charge in [0, 0.05) is 6.42 Å². The maximum atomic E-state index is 12.8. The number of hydrogen-bond acceptors (Lipinski definition) is 4. The molecule has 3 rings (SSSR count). The van der Waals surface area contributed by atoms with Gasteiger partial charge in [-0.25, -0.2) is 8.42 Å². The van der Waals surface area contributed by atoms with Crippen LogP contribution in [-0.2, 0) is 21.1 Å². The Morgan fingerprint density at radius 2 is 1.79 bits per heavy atom. The molecule has 1 aliphatic heterocycles. The highest BCUT2D eigenvalue weighted by Crippen LogP contribution is 2.30. The summed E-state index contributed by atoms with van der Waals surface area (Å²) < 4.78 is 54.4. The maximum Gasteiger partial charge on any atom is 0.341 e. The molecule has 1 N–H and O–H groups in total. The molecule has 0 aromatic heterocycles. The SMILES string of the molecule is O=C(Nc1ccccc1S(=O)(=O)C(F)F)C1Cc2ccccc2O1.